The van der Waals surface area contributed by atoms with E-state index in [1.807, 2.05) is 0 Å². The van der Waals surface area contributed by atoms with Crippen LogP contribution in [0.2, 0.25) is 0 Å². The number of fused-ring (bicyclic) bond motifs is 1. The van der Waals surface area contributed by atoms with Crippen molar-refractivity contribution in [1.29, 1.82) is 0 Å². The van der Waals surface area contributed by atoms with Crippen LogP contribution in [0.5, 0.6) is 0 Å². The molecule has 2 aliphatic heterocycles. The van der Waals surface area contributed by atoms with Gasteiger partial charge in [-0.15, -0.1) is 0 Å². The number of nitrogens with one attached hydrogen (secondary N) is 1. The van der Waals surface area contributed by atoms with Gasteiger partial charge in [0.2, 0.25) is 5.91 Å². The number of pyridine rings is 1. The number of hydrogen-bond donors (Lipinski definition) is 1. The summed E-state index contributed by atoms with van der Waals surface area (Å²) in [6.07, 6.45) is 0. The van der Waals surface area contributed by atoms with Crippen molar-refractivity contribution in [2.24, 2.45) is 0 Å². The summed E-state index contributed by atoms with van der Waals surface area (Å²) < 4.78 is 24.2. The Morgan fingerprint density at radius 3 is 2.24 bits per heavy atom. The highest BCUT2D eigenvalue weighted by molar-refractivity contribution is 7.91. The van der Waals surface area contributed by atoms with Gasteiger partial charge < -0.3 is 14.8 Å². The summed E-state index contributed by atoms with van der Waals surface area (Å²) in [5, 5.41) is 0. The Morgan fingerprint density at radius 1 is 1.12 bits per heavy atom. The minimum Gasteiger partial charge on any atom is -0.335 e. The van der Waals surface area contributed by atoms with Gasteiger partial charge in [-0.3, -0.25) is 14.4 Å². The van der Waals surface area contributed by atoms with E-state index in [1.165, 1.54) is 16.7 Å². The molecule has 2 amide bonds. The van der Waals surface area contributed by atoms with Gasteiger partial charge in [0.25, 0.3) is 11.5 Å². The molecule has 25 heavy (non-hydrogen) atoms. The van der Waals surface area contributed by atoms with E-state index in [1.54, 1.807) is 19.9 Å². The first-order valence-electron chi connectivity index (χ1n) is 8.10. The van der Waals surface area contributed by atoms with Crippen molar-refractivity contribution in [3.8, 4) is 0 Å². The lowest BCUT2D eigenvalue weighted by atomic mass is 10.0. The number of hydrogen-bond acceptors (Lipinski definition) is 5. The zero-order valence-corrected chi connectivity index (χ0v) is 15.2. The summed E-state index contributed by atoms with van der Waals surface area (Å²) in [6, 6.07) is 0.545. The smallest absolute Gasteiger partial charge is 0.261 e. The van der Waals surface area contributed by atoms with E-state index in [2.05, 4.69) is 4.98 Å². The van der Waals surface area contributed by atoms with Crippen molar-refractivity contribution < 1.29 is 18.0 Å². The van der Waals surface area contributed by atoms with Crippen LogP contribution in [-0.2, 0) is 14.6 Å². The summed E-state index contributed by atoms with van der Waals surface area (Å²) in [4.78, 5) is 42.6. The predicted octanol–water partition coefficient (Wildman–Crippen LogP) is -0.538. The molecule has 2 saturated heterocycles. The molecule has 0 spiro atoms. The maximum atomic E-state index is 13.0. The summed E-state index contributed by atoms with van der Waals surface area (Å²) in [6.45, 7) is 5.29. The number of amides is 2. The van der Waals surface area contributed by atoms with E-state index in [-0.39, 0.29) is 36.1 Å². The molecule has 9 heteroatoms. The topological polar surface area (TPSA) is 108 Å². The van der Waals surface area contributed by atoms with Crippen molar-refractivity contribution in [3.63, 3.8) is 0 Å². The number of carbonyl (C=O) groups excluding carboxylic acids is 2. The number of rotatable bonds is 1. The molecule has 2 atom stereocenters. The molecule has 0 aromatic carbocycles. The van der Waals surface area contributed by atoms with Crippen molar-refractivity contribution >= 4 is 21.7 Å². The molecule has 0 unspecified atom stereocenters. The van der Waals surface area contributed by atoms with Crippen LogP contribution >= 0.6 is 0 Å². The van der Waals surface area contributed by atoms with Gasteiger partial charge in [0.1, 0.15) is 5.56 Å². The van der Waals surface area contributed by atoms with Crippen molar-refractivity contribution in [3.05, 3.63) is 33.2 Å². The van der Waals surface area contributed by atoms with E-state index in [9.17, 15) is 22.8 Å². The second-order valence-corrected chi connectivity index (χ2v) is 8.92. The zero-order valence-electron chi connectivity index (χ0n) is 14.4. The number of carbonyl (C=O) groups is 2. The first-order valence-corrected chi connectivity index (χ1v) is 9.92. The third kappa shape index (κ3) is 3.08. The Kier molecular flexibility index (Phi) is 4.22. The maximum absolute atomic E-state index is 13.0. The highest BCUT2D eigenvalue weighted by atomic mass is 32.2. The second kappa shape index (κ2) is 5.98. The number of sulfone groups is 1. The molecular weight excluding hydrogens is 346 g/mol. The first-order chi connectivity index (χ1) is 11.6. The predicted molar refractivity (Wildman–Crippen MR) is 91.2 cm³/mol. The highest BCUT2D eigenvalue weighted by Crippen LogP contribution is 2.28. The standard InChI is InChI=1S/C16H21N3O5S/c1-9-6-10(2)17-15(21)14(9)16(22)19-5-4-18(11(3)20)12-7-25(23,24)8-13(12)19/h6,12-13H,4-5,7-8H2,1-3H3,(H,17,21)/t12-,13+/m0/s1. The largest absolute Gasteiger partial charge is 0.335 e. The van der Waals surface area contributed by atoms with Gasteiger partial charge in [-0.1, -0.05) is 0 Å². The summed E-state index contributed by atoms with van der Waals surface area (Å²) >= 11 is 0. The van der Waals surface area contributed by atoms with Crippen LogP contribution in [0.3, 0.4) is 0 Å². The number of piperazine rings is 1. The van der Waals surface area contributed by atoms with Gasteiger partial charge >= 0.3 is 0 Å². The van der Waals surface area contributed by atoms with Crippen LogP contribution in [-0.4, -0.2) is 71.7 Å². The van der Waals surface area contributed by atoms with Gasteiger partial charge in [-0.05, 0) is 25.5 Å². The Hall–Kier alpha value is -2.16. The molecule has 3 heterocycles. The van der Waals surface area contributed by atoms with Gasteiger partial charge in [0.05, 0.1) is 23.6 Å². The maximum Gasteiger partial charge on any atom is 0.261 e. The van der Waals surface area contributed by atoms with Crippen molar-refractivity contribution in [1.82, 2.24) is 14.8 Å². The van der Waals surface area contributed by atoms with Gasteiger partial charge in [0.15, 0.2) is 9.84 Å². The molecule has 0 aliphatic carbocycles. The molecule has 1 aromatic heterocycles. The monoisotopic (exact) mass is 367 g/mol. The summed E-state index contributed by atoms with van der Waals surface area (Å²) in [7, 11) is -3.34. The Labute approximate surface area is 145 Å². The molecule has 0 bridgehead atoms. The van der Waals surface area contributed by atoms with Crippen LogP contribution < -0.4 is 5.56 Å². The minimum absolute atomic E-state index is 0.0323. The first kappa shape index (κ1) is 17.7. The van der Waals surface area contributed by atoms with E-state index in [0.29, 0.717) is 11.3 Å². The molecule has 1 N–H and O–H groups in total. The molecule has 1 aromatic rings. The molecular formula is C16H21N3O5S. The number of nitrogens with zero attached hydrogens (tertiary/aromatic N) is 2. The lowest BCUT2D eigenvalue weighted by Gasteiger charge is -2.43. The van der Waals surface area contributed by atoms with E-state index >= 15 is 0 Å². The number of aromatic nitrogens is 1. The van der Waals surface area contributed by atoms with E-state index < -0.39 is 33.4 Å². The molecule has 0 saturated carbocycles. The van der Waals surface area contributed by atoms with Crippen LogP contribution in [0.25, 0.3) is 0 Å². The fraction of sp³-hybridized carbons (Fsp3) is 0.562. The summed E-state index contributed by atoms with van der Waals surface area (Å²) in [5.74, 6) is -1.02. The van der Waals surface area contributed by atoms with Crippen molar-refractivity contribution in [2.75, 3.05) is 24.6 Å². The quantitative estimate of drug-likeness (QED) is 0.717. The van der Waals surface area contributed by atoms with Gasteiger partial charge in [-0.2, -0.15) is 0 Å². The lowest BCUT2D eigenvalue weighted by molar-refractivity contribution is -0.133. The van der Waals surface area contributed by atoms with Crippen LogP contribution in [0.15, 0.2) is 10.9 Å². The second-order valence-electron chi connectivity index (χ2n) is 6.76. The minimum atomic E-state index is -3.34. The van der Waals surface area contributed by atoms with E-state index in [4.69, 9.17) is 0 Å². The average molecular weight is 367 g/mol. The molecule has 2 aliphatic rings. The van der Waals surface area contributed by atoms with E-state index in [0.717, 1.165) is 0 Å². The molecule has 0 radical (unpaired) electrons. The Morgan fingerprint density at radius 2 is 1.68 bits per heavy atom. The van der Waals surface area contributed by atoms with Crippen LogP contribution in [0.4, 0.5) is 0 Å². The fourth-order valence-electron chi connectivity index (χ4n) is 3.86. The molecule has 3 rings (SSSR count). The van der Waals surface area contributed by atoms with Gasteiger partial charge in [-0.25, -0.2) is 8.42 Å². The molecule has 136 valence electrons. The summed E-state index contributed by atoms with van der Waals surface area (Å²) in [5.41, 5.74) is 0.762. The number of aromatic amines is 1. The highest BCUT2D eigenvalue weighted by Gasteiger charge is 2.49. The number of aryl methyl sites for hydroxylation is 2. The van der Waals surface area contributed by atoms with Crippen molar-refractivity contribution in [2.45, 2.75) is 32.9 Å². The molecule has 2 fully saturated rings. The average Bonchev–Trinajstić information content (AvgIpc) is 2.79. The third-order valence-electron chi connectivity index (χ3n) is 4.92. The van der Waals surface area contributed by atoms with Crippen LogP contribution in [0, 0.1) is 13.8 Å². The fourth-order valence-corrected chi connectivity index (χ4v) is 5.84. The SMILES string of the molecule is CC(=O)N1CCN(C(=O)c2c(C)cc(C)[nH]c2=O)[C@@H]2CS(=O)(=O)C[C@@H]21. The third-order valence-corrected chi connectivity index (χ3v) is 6.62. The zero-order chi connectivity index (χ0) is 18.5. The normalized spacial score (nSPS) is 24.9. The Bertz CT molecular complexity index is 905. The number of H-pyrrole nitrogens is 1. The van der Waals surface area contributed by atoms with Crippen LogP contribution in [0.1, 0.15) is 28.5 Å². The van der Waals surface area contributed by atoms with Gasteiger partial charge in [0, 0.05) is 25.7 Å². The lowest BCUT2D eigenvalue weighted by Crippen LogP contribution is -2.62. The molecule has 8 nitrogen and oxygen atoms in total. The Balaban J connectivity index is 2.00.